The van der Waals surface area contributed by atoms with E-state index in [4.69, 9.17) is 9.72 Å². The SMILES string of the molecule is CCc1cc(Br)cc2c(C(=O)OCC(=O)c3ccc([N+](=O)[O-])cc3)cc(-c3ccc(N4C(=O)C5CCC(C)CC5C4=O)cc3)nc12. The summed E-state index contributed by atoms with van der Waals surface area (Å²) in [4.78, 5) is 69.2. The number of aromatic nitrogens is 1. The number of pyridine rings is 1. The number of nitro benzene ring substituents is 1. The third-order valence-electron chi connectivity index (χ3n) is 8.90. The second-order valence-electron chi connectivity index (χ2n) is 11.9. The van der Waals surface area contributed by atoms with Crippen molar-refractivity contribution in [2.45, 2.75) is 39.5 Å². The van der Waals surface area contributed by atoms with Crippen LogP contribution in [0.1, 0.15) is 59.4 Å². The number of carbonyl (C=O) groups excluding carboxylic acids is 4. The molecule has 0 spiro atoms. The maximum absolute atomic E-state index is 13.5. The summed E-state index contributed by atoms with van der Waals surface area (Å²) < 4.78 is 6.20. The van der Waals surface area contributed by atoms with E-state index in [1.807, 2.05) is 13.0 Å². The maximum Gasteiger partial charge on any atom is 0.339 e. The van der Waals surface area contributed by atoms with Crippen molar-refractivity contribution in [2.75, 3.05) is 11.5 Å². The Morgan fingerprint density at radius 1 is 1.00 bits per heavy atom. The van der Waals surface area contributed by atoms with Crippen LogP contribution in [0.3, 0.4) is 0 Å². The maximum atomic E-state index is 13.5. The quantitative estimate of drug-likeness (QED) is 0.0630. The number of Topliss-reactive ketones (excluding diaryl/α,β-unsaturated/α-hetero) is 1. The molecule has 2 heterocycles. The molecule has 2 amide bonds. The Morgan fingerprint density at radius 2 is 1.70 bits per heavy atom. The Morgan fingerprint density at radius 3 is 2.37 bits per heavy atom. The Balaban J connectivity index is 1.30. The number of hydrogen-bond donors (Lipinski definition) is 0. The van der Waals surface area contributed by atoms with Crippen LogP contribution >= 0.6 is 15.9 Å². The molecule has 11 heteroatoms. The van der Waals surface area contributed by atoms with Crippen LogP contribution in [0.15, 0.2) is 71.2 Å². The monoisotopic (exact) mass is 683 g/mol. The third kappa shape index (κ3) is 5.82. The van der Waals surface area contributed by atoms with Crippen molar-refractivity contribution in [2.24, 2.45) is 17.8 Å². The zero-order chi connectivity index (χ0) is 32.7. The number of benzene rings is 3. The summed E-state index contributed by atoms with van der Waals surface area (Å²) in [6, 6.07) is 17.4. The van der Waals surface area contributed by atoms with E-state index in [2.05, 4.69) is 22.9 Å². The van der Waals surface area contributed by atoms with Crippen LogP contribution < -0.4 is 4.90 Å². The largest absolute Gasteiger partial charge is 0.454 e. The van der Waals surface area contributed by atoms with Gasteiger partial charge in [-0.15, -0.1) is 0 Å². The number of esters is 1. The Hall–Kier alpha value is -4.77. The lowest BCUT2D eigenvalue weighted by Crippen LogP contribution is -2.30. The molecule has 1 saturated carbocycles. The number of halogens is 1. The van der Waals surface area contributed by atoms with Gasteiger partial charge in [-0.25, -0.2) is 9.78 Å². The van der Waals surface area contributed by atoms with Gasteiger partial charge in [-0.2, -0.15) is 0 Å². The number of ether oxygens (including phenoxy) is 1. The number of fused-ring (bicyclic) bond motifs is 2. The van der Waals surface area contributed by atoms with Gasteiger partial charge in [0.2, 0.25) is 11.8 Å². The van der Waals surface area contributed by atoms with Gasteiger partial charge in [0, 0.05) is 33.1 Å². The second kappa shape index (κ2) is 12.6. The van der Waals surface area contributed by atoms with Gasteiger partial charge in [0.15, 0.2) is 12.4 Å². The molecular weight excluding hydrogens is 654 g/mol. The average molecular weight is 685 g/mol. The zero-order valence-electron chi connectivity index (χ0n) is 25.2. The van der Waals surface area contributed by atoms with Crippen molar-refractivity contribution in [1.82, 2.24) is 4.98 Å². The summed E-state index contributed by atoms with van der Waals surface area (Å²) in [5.41, 5.74) is 3.37. The number of nitrogens with zero attached hydrogens (tertiary/aromatic N) is 3. The Labute approximate surface area is 273 Å². The normalized spacial score (nSPS) is 19.3. The fourth-order valence-electron chi connectivity index (χ4n) is 6.43. The van der Waals surface area contributed by atoms with E-state index in [-0.39, 0.29) is 40.5 Å². The number of anilines is 1. The minimum atomic E-state index is -0.731. The molecule has 3 atom stereocenters. The molecule has 4 aromatic rings. The van der Waals surface area contributed by atoms with E-state index in [9.17, 15) is 29.3 Å². The predicted octanol–water partition coefficient (Wildman–Crippen LogP) is 7.10. The number of non-ortho nitro benzene ring substituents is 1. The molecule has 2 fully saturated rings. The number of hydrogen-bond acceptors (Lipinski definition) is 8. The molecule has 0 bridgehead atoms. The first-order valence-corrected chi connectivity index (χ1v) is 15.9. The summed E-state index contributed by atoms with van der Waals surface area (Å²) in [5, 5.41) is 11.5. The first-order chi connectivity index (χ1) is 22.0. The fourth-order valence-corrected chi connectivity index (χ4v) is 6.94. The van der Waals surface area contributed by atoms with Crippen LogP contribution in [0.25, 0.3) is 22.2 Å². The van der Waals surface area contributed by atoms with E-state index in [1.165, 1.54) is 29.2 Å². The van der Waals surface area contributed by atoms with Gasteiger partial charge < -0.3 is 4.74 Å². The zero-order valence-corrected chi connectivity index (χ0v) is 26.8. The molecule has 46 heavy (non-hydrogen) atoms. The first kappa shape index (κ1) is 31.2. The van der Waals surface area contributed by atoms with Crippen molar-refractivity contribution in [3.8, 4) is 11.3 Å². The average Bonchev–Trinajstić information content (AvgIpc) is 3.30. The van der Waals surface area contributed by atoms with Gasteiger partial charge in [-0.05, 0) is 79.6 Å². The van der Waals surface area contributed by atoms with Gasteiger partial charge in [0.1, 0.15) is 0 Å². The predicted molar refractivity (Wildman–Crippen MR) is 174 cm³/mol. The Bertz CT molecular complexity index is 1910. The summed E-state index contributed by atoms with van der Waals surface area (Å²) in [6.07, 6.45) is 3.02. The lowest BCUT2D eigenvalue weighted by atomic mass is 9.76. The first-order valence-electron chi connectivity index (χ1n) is 15.1. The minimum absolute atomic E-state index is 0.148. The van der Waals surface area contributed by atoms with Crippen molar-refractivity contribution >= 4 is 61.8 Å². The van der Waals surface area contributed by atoms with E-state index in [0.717, 1.165) is 29.3 Å². The van der Waals surface area contributed by atoms with E-state index < -0.39 is 23.3 Å². The molecule has 3 unspecified atom stereocenters. The molecule has 2 aliphatic rings. The van der Waals surface area contributed by atoms with Crippen LogP contribution in [0, 0.1) is 27.9 Å². The number of imide groups is 1. The molecular formula is C35H30BrN3O7. The van der Waals surface area contributed by atoms with Crippen LogP contribution in [0.4, 0.5) is 11.4 Å². The van der Waals surface area contributed by atoms with Crippen molar-refractivity contribution in [3.63, 3.8) is 0 Å². The summed E-state index contributed by atoms with van der Waals surface area (Å²) in [6.45, 7) is 3.54. The second-order valence-corrected chi connectivity index (χ2v) is 12.8. The van der Waals surface area contributed by atoms with Crippen LogP contribution in [0.2, 0.25) is 0 Å². The molecule has 0 radical (unpaired) electrons. The van der Waals surface area contributed by atoms with Crippen molar-refractivity contribution < 1.29 is 28.8 Å². The van der Waals surface area contributed by atoms with Crippen LogP contribution in [0.5, 0.6) is 0 Å². The van der Waals surface area contributed by atoms with Crippen molar-refractivity contribution in [3.05, 3.63) is 98.0 Å². The highest BCUT2D eigenvalue weighted by molar-refractivity contribution is 9.10. The number of amides is 2. The van der Waals surface area contributed by atoms with E-state index in [1.54, 1.807) is 36.4 Å². The molecule has 1 saturated heterocycles. The molecule has 1 aliphatic carbocycles. The Kier molecular flexibility index (Phi) is 8.52. The number of aryl methyl sites for hydroxylation is 1. The fraction of sp³-hybridized carbons (Fsp3) is 0.286. The third-order valence-corrected chi connectivity index (χ3v) is 9.36. The summed E-state index contributed by atoms with van der Waals surface area (Å²) >= 11 is 3.51. The van der Waals surface area contributed by atoms with E-state index in [0.29, 0.717) is 40.2 Å². The molecule has 0 N–H and O–H groups in total. The molecule has 1 aromatic heterocycles. The molecule has 234 valence electrons. The number of ketones is 1. The van der Waals surface area contributed by atoms with E-state index >= 15 is 0 Å². The topological polar surface area (TPSA) is 137 Å². The highest BCUT2D eigenvalue weighted by Crippen LogP contribution is 2.42. The van der Waals surface area contributed by atoms with Gasteiger partial charge in [0.05, 0.1) is 39.2 Å². The number of nitro groups is 1. The highest BCUT2D eigenvalue weighted by atomic mass is 79.9. The highest BCUT2D eigenvalue weighted by Gasteiger charge is 2.49. The van der Waals surface area contributed by atoms with Crippen LogP contribution in [-0.4, -0.2) is 40.1 Å². The standard InChI is InChI=1S/C35H30BrN3O7/c1-3-20-15-23(36)16-27-29(35(43)46-18-31(40)22-7-11-25(12-8-22)39(44)45)17-30(37-32(20)27)21-5-9-24(10-6-21)38-33(41)26-13-4-19(2)14-28(26)34(38)42/h5-12,15-17,19,26,28H,3-4,13-14,18H2,1-2H3. The summed E-state index contributed by atoms with van der Waals surface area (Å²) in [7, 11) is 0. The lowest BCUT2D eigenvalue weighted by molar-refractivity contribution is -0.384. The van der Waals surface area contributed by atoms with Gasteiger partial charge in [-0.1, -0.05) is 41.9 Å². The van der Waals surface area contributed by atoms with Crippen molar-refractivity contribution in [1.29, 1.82) is 0 Å². The minimum Gasteiger partial charge on any atom is -0.454 e. The molecule has 10 nitrogen and oxygen atoms in total. The number of rotatable bonds is 8. The summed E-state index contributed by atoms with van der Waals surface area (Å²) in [5.74, 6) is -1.66. The molecule has 1 aliphatic heterocycles. The van der Waals surface area contributed by atoms with Gasteiger partial charge >= 0.3 is 5.97 Å². The molecule has 6 rings (SSSR count). The van der Waals surface area contributed by atoms with Gasteiger partial charge in [0.25, 0.3) is 5.69 Å². The number of carbonyl (C=O) groups is 4. The smallest absolute Gasteiger partial charge is 0.339 e. The van der Waals surface area contributed by atoms with Crippen LogP contribution in [-0.2, 0) is 20.7 Å². The van der Waals surface area contributed by atoms with Gasteiger partial charge in [-0.3, -0.25) is 29.4 Å². The molecule has 3 aromatic carbocycles. The lowest BCUT2D eigenvalue weighted by Gasteiger charge is -2.25.